The molecule has 0 aliphatic carbocycles. The molecular weight excluding hydrogens is 397 g/mol. The van der Waals surface area contributed by atoms with Gasteiger partial charge in [-0.05, 0) is 24.3 Å². The summed E-state index contributed by atoms with van der Waals surface area (Å²) in [5.74, 6) is -2.78. The maximum Gasteiger partial charge on any atom is 0.518 e. The van der Waals surface area contributed by atoms with Crippen molar-refractivity contribution in [2.45, 2.75) is 11.0 Å². The molecular formula is C9H5F7N2O4S2. The average molecular weight is 402 g/mol. The van der Waals surface area contributed by atoms with Crippen LogP contribution >= 0.6 is 0 Å². The quantitative estimate of drug-likeness (QED) is 0.475. The first-order chi connectivity index (χ1) is 10.6. The van der Waals surface area contributed by atoms with E-state index in [1.165, 1.54) is 0 Å². The Hall–Kier alpha value is -1.90. The number of nitrogens with zero attached hydrogens (tertiary/aromatic N) is 1. The van der Waals surface area contributed by atoms with E-state index >= 15 is 0 Å². The zero-order valence-electron chi connectivity index (χ0n) is 10.9. The maximum atomic E-state index is 12.7. The Morgan fingerprint density at radius 3 is 1.71 bits per heavy atom. The number of halogens is 7. The number of hydrogen-bond donors (Lipinski definition) is 1. The van der Waals surface area contributed by atoms with Crippen LogP contribution in [0.4, 0.5) is 30.7 Å². The average Bonchev–Trinajstić information content (AvgIpc) is 2.35. The van der Waals surface area contributed by atoms with Crippen molar-refractivity contribution in [1.82, 2.24) is 4.72 Å². The molecule has 0 saturated carbocycles. The van der Waals surface area contributed by atoms with Crippen molar-refractivity contribution in [2.75, 3.05) is 0 Å². The fourth-order valence-corrected chi connectivity index (χ4v) is 2.18. The van der Waals surface area contributed by atoms with Crippen molar-refractivity contribution >= 4 is 25.9 Å². The molecule has 1 N–H and O–H groups in total. The maximum absolute atomic E-state index is 12.7. The molecule has 0 heterocycles. The van der Waals surface area contributed by atoms with Crippen LogP contribution < -0.4 is 4.72 Å². The molecule has 0 aromatic heterocycles. The minimum absolute atomic E-state index is 0.527. The van der Waals surface area contributed by atoms with Gasteiger partial charge < -0.3 is 0 Å². The van der Waals surface area contributed by atoms with Gasteiger partial charge in [0.05, 0.1) is 0 Å². The number of benzene rings is 1. The fraction of sp³-hybridized carbons (Fsp3) is 0.222. The van der Waals surface area contributed by atoms with E-state index in [4.69, 9.17) is 0 Å². The zero-order chi connectivity index (χ0) is 19.0. The SMILES string of the molecule is O=S(=O)(/N=C(\NS(=O)(=O)C(F)(F)F)c1ccc(F)cc1)C(F)(F)F. The molecule has 0 atom stereocenters. The molecule has 1 aromatic rings. The minimum atomic E-state index is -6.37. The van der Waals surface area contributed by atoms with Gasteiger partial charge in [0, 0.05) is 5.56 Å². The van der Waals surface area contributed by atoms with Crippen LogP contribution in [0.2, 0.25) is 0 Å². The molecule has 0 aliphatic heterocycles. The van der Waals surface area contributed by atoms with Gasteiger partial charge in [0.25, 0.3) is 0 Å². The second-order valence-corrected chi connectivity index (χ2v) is 7.19. The van der Waals surface area contributed by atoms with Crippen molar-refractivity contribution in [3.05, 3.63) is 35.6 Å². The normalized spacial score (nSPS) is 14.5. The summed E-state index contributed by atoms with van der Waals surface area (Å²) in [6, 6.07) is 2.12. The molecule has 0 amide bonds. The molecule has 15 heteroatoms. The van der Waals surface area contributed by atoms with Crippen molar-refractivity contribution in [3.8, 4) is 0 Å². The zero-order valence-corrected chi connectivity index (χ0v) is 12.5. The van der Waals surface area contributed by atoms with Gasteiger partial charge in [-0.3, -0.25) is 4.72 Å². The molecule has 0 saturated heterocycles. The summed E-state index contributed by atoms with van der Waals surface area (Å²) in [5.41, 5.74) is -12.8. The van der Waals surface area contributed by atoms with Gasteiger partial charge in [-0.2, -0.15) is 43.2 Å². The van der Waals surface area contributed by atoms with Gasteiger partial charge in [-0.15, -0.1) is 4.40 Å². The summed E-state index contributed by atoms with van der Waals surface area (Å²) in [7, 11) is -12.7. The van der Waals surface area contributed by atoms with E-state index in [0.29, 0.717) is 29.0 Å². The number of amidine groups is 1. The van der Waals surface area contributed by atoms with Gasteiger partial charge in [0.1, 0.15) is 5.82 Å². The highest BCUT2D eigenvalue weighted by atomic mass is 32.2. The standard InChI is InChI=1S/C9H5F7N2O4S2/c10-6-3-1-5(2-4-6)7(17-23(19,20)8(11,12)13)18-24(21,22)9(14,15)16/h1-4H,(H,17,18). The van der Waals surface area contributed by atoms with Gasteiger partial charge in [-0.1, -0.05) is 0 Å². The van der Waals surface area contributed by atoms with Crippen LogP contribution in [-0.2, 0) is 20.0 Å². The van der Waals surface area contributed by atoms with E-state index in [9.17, 15) is 47.6 Å². The summed E-state index contributed by atoms with van der Waals surface area (Å²) < 4.78 is 133. The summed E-state index contributed by atoms with van der Waals surface area (Å²) in [5, 5.41) is 0. The second kappa shape index (κ2) is 6.19. The number of rotatable bonds is 3. The highest BCUT2D eigenvalue weighted by Gasteiger charge is 2.49. The van der Waals surface area contributed by atoms with Gasteiger partial charge in [-0.25, -0.2) is 4.39 Å². The lowest BCUT2D eigenvalue weighted by atomic mass is 10.2. The Morgan fingerprint density at radius 1 is 0.875 bits per heavy atom. The third kappa shape index (κ3) is 4.56. The Kier molecular flexibility index (Phi) is 5.20. The Bertz CT molecular complexity index is 839. The molecule has 136 valence electrons. The first-order valence-electron chi connectivity index (χ1n) is 5.33. The summed E-state index contributed by atoms with van der Waals surface area (Å²) >= 11 is 0. The Balaban J connectivity index is 3.53. The topological polar surface area (TPSA) is 92.7 Å². The van der Waals surface area contributed by atoms with Crippen molar-refractivity contribution in [1.29, 1.82) is 0 Å². The molecule has 0 spiro atoms. The van der Waals surface area contributed by atoms with Crippen molar-refractivity contribution in [3.63, 3.8) is 0 Å². The van der Waals surface area contributed by atoms with Crippen LogP contribution in [0.5, 0.6) is 0 Å². The first-order valence-corrected chi connectivity index (χ1v) is 8.25. The van der Waals surface area contributed by atoms with Gasteiger partial charge in [0.15, 0.2) is 5.84 Å². The van der Waals surface area contributed by atoms with E-state index in [2.05, 4.69) is 0 Å². The highest BCUT2D eigenvalue weighted by molar-refractivity contribution is 7.92. The third-order valence-corrected chi connectivity index (χ3v) is 4.24. The Labute approximate surface area is 130 Å². The van der Waals surface area contributed by atoms with E-state index in [1.54, 1.807) is 0 Å². The molecule has 6 nitrogen and oxygen atoms in total. The first kappa shape index (κ1) is 20.1. The van der Waals surface area contributed by atoms with E-state index in [-0.39, 0.29) is 0 Å². The van der Waals surface area contributed by atoms with Crippen LogP contribution in [-0.4, -0.2) is 33.7 Å². The molecule has 0 aliphatic rings. The number of nitrogens with one attached hydrogen (secondary N) is 1. The predicted molar refractivity (Wildman–Crippen MR) is 66.0 cm³/mol. The lowest BCUT2D eigenvalue weighted by Gasteiger charge is -2.13. The van der Waals surface area contributed by atoms with Crippen LogP contribution in [0.1, 0.15) is 5.56 Å². The summed E-state index contributed by atoms with van der Waals surface area (Å²) in [6.45, 7) is 0. The van der Waals surface area contributed by atoms with Crippen molar-refractivity contribution in [2.24, 2.45) is 4.40 Å². The van der Waals surface area contributed by atoms with Gasteiger partial charge in [0.2, 0.25) is 0 Å². The lowest BCUT2D eigenvalue weighted by molar-refractivity contribution is -0.0443. The number of sulfonamides is 2. The molecule has 0 radical (unpaired) electrons. The van der Waals surface area contributed by atoms with Crippen LogP contribution in [0.3, 0.4) is 0 Å². The molecule has 1 aromatic carbocycles. The summed E-state index contributed by atoms with van der Waals surface area (Å²) in [4.78, 5) is 0. The number of alkyl halides is 6. The monoisotopic (exact) mass is 402 g/mol. The molecule has 0 unspecified atom stereocenters. The lowest BCUT2D eigenvalue weighted by Crippen LogP contribution is -2.41. The second-order valence-electron chi connectivity index (χ2n) is 3.92. The van der Waals surface area contributed by atoms with Crippen LogP contribution in [0.25, 0.3) is 0 Å². The largest absolute Gasteiger partial charge is 0.518 e. The highest BCUT2D eigenvalue weighted by Crippen LogP contribution is 2.26. The molecule has 1 rings (SSSR count). The Morgan fingerprint density at radius 2 is 1.33 bits per heavy atom. The van der Waals surface area contributed by atoms with Crippen LogP contribution in [0, 0.1) is 5.82 Å². The van der Waals surface area contributed by atoms with E-state index < -0.39 is 48.3 Å². The predicted octanol–water partition coefficient (Wildman–Crippen LogP) is 1.86. The van der Waals surface area contributed by atoms with Crippen LogP contribution in [0.15, 0.2) is 28.7 Å². The van der Waals surface area contributed by atoms with Crippen molar-refractivity contribution < 1.29 is 47.6 Å². The fourth-order valence-electron chi connectivity index (χ4n) is 1.10. The number of hydrogen-bond acceptors (Lipinski definition) is 4. The molecule has 0 fully saturated rings. The summed E-state index contributed by atoms with van der Waals surface area (Å²) in [6.07, 6.45) is 0. The third-order valence-electron chi connectivity index (χ3n) is 2.16. The van der Waals surface area contributed by atoms with E-state index in [0.717, 1.165) is 0 Å². The molecule has 0 bridgehead atoms. The van der Waals surface area contributed by atoms with E-state index in [1.807, 2.05) is 4.40 Å². The molecule has 24 heavy (non-hydrogen) atoms. The smallest absolute Gasteiger partial charge is 0.259 e. The minimum Gasteiger partial charge on any atom is -0.259 e. The van der Waals surface area contributed by atoms with Gasteiger partial charge >= 0.3 is 31.1 Å².